The molecule has 0 unspecified atom stereocenters. The van der Waals surface area contributed by atoms with Crippen molar-refractivity contribution in [2.45, 2.75) is 32.1 Å². The van der Waals surface area contributed by atoms with Crippen LogP contribution >= 0.6 is 0 Å². The summed E-state index contributed by atoms with van der Waals surface area (Å²) >= 11 is 0. The fourth-order valence-electron chi connectivity index (χ4n) is 4.13. The summed E-state index contributed by atoms with van der Waals surface area (Å²) in [5.74, 6) is 1.16. The van der Waals surface area contributed by atoms with E-state index in [1.54, 1.807) is 0 Å². The first-order valence-electron chi connectivity index (χ1n) is 10.5. The molecule has 0 atom stereocenters. The van der Waals surface area contributed by atoms with E-state index in [0.717, 1.165) is 68.4 Å². The molecule has 29 heavy (non-hydrogen) atoms. The Hall–Kier alpha value is -2.73. The van der Waals surface area contributed by atoms with Crippen molar-refractivity contribution < 1.29 is 9.90 Å². The van der Waals surface area contributed by atoms with Crippen LogP contribution in [-0.2, 0) is 0 Å². The standard InChI is InChI=1S/C23H28N4O2/c24-22(17-5-4-6-17)21-20(27-11-9-16(14-28)10-12-27)13-19(15-29)26-23(21)25-18-7-2-1-3-8-18/h1-3,7-8,13,15-17,24,28H,4-6,9-12,14H2,(H,25,26). The first kappa shape index (κ1) is 19.6. The molecule has 1 saturated carbocycles. The molecule has 1 saturated heterocycles. The van der Waals surface area contributed by atoms with E-state index >= 15 is 0 Å². The van der Waals surface area contributed by atoms with Crippen LogP contribution in [0.15, 0.2) is 36.4 Å². The lowest BCUT2D eigenvalue weighted by Crippen LogP contribution is -2.36. The Morgan fingerprint density at radius 1 is 1.21 bits per heavy atom. The van der Waals surface area contributed by atoms with Gasteiger partial charge in [-0.1, -0.05) is 24.6 Å². The van der Waals surface area contributed by atoms with Gasteiger partial charge in [-0.05, 0) is 49.8 Å². The summed E-state index contributed by atoms with van der Waals surface area (Å²) < 4.78 is 0. The largest absolute Gasteiger partial charge is 0.396 e. The average Bonchev–Trinajstić information content (AvgIpc) is 2.72. The van der Waals surface area contributed by atoms with Crippen LogP contribution in [0.2, 0.25) is 0 Å². The zero-order valence-electron chi connectivity index (χ0n) is 16.6. The second-order valence-corrected chi connectivity index (χ2v) is 8.05. The highest BCUT2D eigenvalue weighted by Crippen LogP contribution is 2.38. The maximum Gasteiger partial charge on any atom is 0.168 e. The SMILES string of the molecule is N=C(c1c(N2CCC(CO)CC2)cc(C=O)nc1Nc1ccccc1)C1CCC1. The molecule has 3 N–H and O–H groups in total. The third-order valence-corrected chi connectivity index (χ3v) is 6.17. The fourth-order valence-corrected chi connectivity index (χ4v) is 4.13. The quantitative estimate of drug-likeness (QED) is 0.489. The molecule has 1 aliphatic carbocycles. The Kier molecular flexibility index (Phi) is 5.90. The monoisotopic (exact) mass is 392 g/mol. The van der Waals surface area contributed by atoms with Gasteiger partial charge in [0.05, 0.1) is 11.3 Å². The normalized spacial score (nSPS) is 17.6. The number of nitrogens with one attached hydrogen (secondary N) is 2. The van der Waals surface area contributed by atoms with Crippen LogP contribution in [0, 0.1) is 17.2 Å². The van der Waals surface area contributed by atoms with Gasteiger partial charge in [0.1, 0.15) is 11.5 Å². The Morgan fingerprint density at radius 2 is 1.93 bits per heavy atom. The number of benzene rings is 1. The van der Waals surface area contributed by atoms with E-state index in [2.05, 4.69) is 15.2 Å². The molecule has 0 bridgehead atoms. The van der Waals surface area contributed by atoms with Gasteiger partial charge in [0, 0.05) is 37.0 Å². The predicted octanol–water partition coefficient (Wildman–Crippen LogP) is 4.01. The average molecular weight is 393 g/mol. The zero-order chi connectivity index (χ0) is 20.2. The van der Waals surface area contributed by atoms with Crippen LogP contribution in [0.4, 0.5) is 17.2 Å². The van der Waals surface area contributed by atoms with Crippen LogP contribution in [-0.4, -0.2) is 41.8 Å². The van der Waals surface area contributed by atoms with Crippen LogP contribution in [0.1, 0.15) is 48.2 Å². The Balaban J connectivity index is 1.76. The smallest absolute Gasteiger partial charge is 0.168 e. The van der Waals surface area contributed by atoms with Crippen molar-refractivity contribution in [1.82, 2.24) is 4.98 Å². The molecule has 1 aromatic carbocycles. The van der Waals surface area contributed by atoms with Crippen molar-refractivity contribution in [1.29, 1.82) is 5.41 Å². The predicted molar refractivity (Wildman–Crippen MR) is 116 cm³/mol. The van der Waals surface area contributed by atoms with Crippen molar-refractivity contribution in [3.8, 4) is 0 Å². The number of aliphatic hydroxyl groups excluding tert-OH is 1. The van der Waals surface area contributed by atoms with E-state index < -0.39 is 0 Å². The van der Waals surface area contributed by atoms with E-state index in [4.69, 9.17) is 5.41 Å². The lowest BCUT2D eigenvalue weighted by Gasteiger charge is -2.36. The highest BCUT2D eigenvalue weighted by Gasteiger charge is 2.30. The Labute approximate surface area is 171 Å². The number of anilines is 3. The Morgan fingerprint density at radius 3 is 2.52 bits per heavy atom. The number of hydrogen-bond acceptors (Lipinski definition) is 6. The highest BCUT2D eigenvalue weighted by molar-refractivity contribution is 6.09. The minimum atomic E-state index is 0.218. The third-order valence-electron chi connectivity index (χ3n) is 6.17. The molecule has 6 heteroatoms. The fraction of sp³-hybridized carbons (Fsp3) is 0.435. The van der Waals surface area contributed by atoms with E-state index in [1.807, 2.05) is 36.4 Å². The van der Waals surface area contributed by atoms with Crippen molar-refractivity contribution >= 4 is 29.2 Å². The molecule has 152 valence electrons. The number of hydrogen-bond donors (Lipinski definition) is 3. The van der Waals surface area contributed by atoms with Crippen LogP contribution in [0.5, 0.6) is 0 Å². The minimum Gasteiger partial charge on any atom is -0.396 e. The molecule has 2 heterocycles. The zero-order valence-corrected chi connectivity index (χ0v) is 16.6. The number of aldehydes is 1. The maximum atomic E-state index is 11.6. The molecule has 2 fully saturated rings. The van der Waals surface area contributed by atoms with Crippen LogP contribution in [0.25, 0.3) is 0 Å². The summed E-state index contributed by atoms with van der Waals surface area (Å²) in [7, 11) is 0. The first-order valence-corrected chi connectivity index (χ1v) is 10.5. The van der Waals surface area contributed by atoms with Crippen molar-refractivity contribution in [2.24, 2.45) is 11.8 Å². The number of aliphatic hydroxyl groups is 1. The van der Waals surface area contributed by atoms with Crippen molar-refractivity contribution in [3.05, 3.63) is 47.7 Å². The van der Waals surface area contributed by atoms with Gasteiger partial charge in [0.15, 0.2) is 6.29 Å². The van der Waals surface area contributed by atoms with Crippen LogP contribution < -0.4 is 10.2 Å². The molecular formula is C23H28N4O2. The number of para-hydroxylation sites is 1. The topological polar surface area (TPSA) is 89.3 Å². The number of aromatic nitrogens is 1. The third kappa shape index (κ3) is 4.17. The van der Waals surface area contributed by atoms with Gasteiger partial charge in [0.2, 0.25) is 0 Å². The first-order chi connectivity index (χ1) is 14.2. The molecule has 0 amide bonds. The second kappa shape index (κ2) is 8.74. The van der Waals surface area contributed by atoms with Gasteiger partial charge in [-0.2, -0.15) is 0 Å². The van der Waals surface area contributed by atoms with Gasteiger partial charge in [-0.3, -0.25) is 4.79 Å². The number of piperidine rings is 1. The van der Waals surface area contributed by atoms with Gasteiger partial charge < -0.3 is 20.7 Å². The molecule has 0 spiro atoms. The Bertz CT molecular complexity index is 872. The van der Waals surface area contributed by atoms with E-state index in [0.29, 0.717) is 23.1 Å². The summed E-state index contributed by atoms with van der Waals surface area (Å²) in [6.07, 6.45) is 5.82. The van der Waals surface area contributed by atoms with Gasteiger partial charge in [0.25, 0.3) is 0 Å². The number of nitrogens with zero attached hydrogens (tertiary/aromatic N) is 2. The van der Waals surface area contributed by atoms with Crippen LogP contribution in [0.3, 0.4) is 0 Å². The highest BCUT2D eigenvalue weighted by atomic mass is 16.3. The molecule has 1 aliphatic heterocycles. The van der Waals surface area contributed by atoms with E-state index in [9.17, 15) is 9.90 Å². The summed E-state index contributed by atoms with van der Waals surface area (Å²) in [5, 5.41) is 21.7. The number of carbonyl (C=O) groups excluding carboxylic acids is 1. The molecule has 0 radical (unpaired) electrons. The van der Waals surface area contributed by atoms with E-state index in [-0.39, 0.29) is 12.5 Å². The van der Waals surface area contributed by atoms with Gasteiger partial charge >= 0.3 is 0 Å². The summed E-state index contributed by atoms with van der Waals surface area (Å²) in [6.45, 7) is 1.84. The second-order valence-electron chi connectivity index (χ2n) is 8.05. The van der Waals surface area contributed by atoms with Crippen molar-refractivity contribution in [3.63, 3.8) is 0 Å². The minimum absolute atomic E-state index is 0.218. The molecule has 2 aliphatic rings. The molecule has 1 aromatic heterocycles. The lowest BCUT2D eigenvalue weighted by atomic mass is 9.79. The number of rotatable bonds is 7. The summed E-state index contributed by atoms with van der Waals surface area (Å²) in [5.41, 5.74) is 3.59. The number of pyridine rings is 1. The molecule has 4 rings (SSSR count). The van der Waals surface area contributed by atoms with Crippen molar-refractivity contribution in [2.75, 3.05) is 29.9 Å². The lowest BCUT2D eigenvalue weighted by molar-refractivity contribution is 0.111. The summed E-state index contributed by atoms with van der Waals surface area (Å²) in [6, 6.07) is 11.6. The summed E-state index contributed by atoms with van der Waals surface area (Å²) in [4.78, 5) is 18.4. The molecule has 6 nitrogen and oxygen atoms in total. The molecule has 2 aromatic rings. The van der Waals surface area contributed by atoms with Gasteiger partial charge in [-0.25, -0.2) is 4.98 Å². The maximum absolute atomic E-state index is 11.6. The van der Waals surface area contributed by atoms with Gasteiger partial charge in [-0.15, -0.1) is 0 Å². The molecular weight excluding hydrogens is 364 g/mol. The van der Waals surface area contributed by atoms with E-state index in [1.165, 1.54) is 0 Å². The number of carbonyl (C=O) groups is 1.